The van der Waals surface area contributed by atoms with Gasteiger partial charge in [-0.3, -0.25) is 0 Å². The second kappa shape index (κ2) is 11.8. The minimum atomic E-state index is 0.725. The zero-order valence-corrected chi connectivity index (χ0v) is 14.2. The first-order valence-electron chi connectivity index (χ1n) is 8.66. The minimum Gasteiger partial charge on any atom is -0.376 e. The largest absolute Gasteiger partial charge is 0.376 e. The summed E-state index contributed by atoms with van der Waals surface area (Å²) in [6, 6.07) is 8.79. The van der Waals surface area contributed by atoms with E-state index in [9.17, 15) is 0 Å². The number of unbranched alkanes of at least 4 members (excludes halogenated alkanes) is 1. The molecular weight excluding hydrogens is 258 g/mol. The van der Waals surface area contributed by atoms with Crippen molar-refractivity contribution in [2.75, 3.05) is 13.2 Å². The van der Waals surface area contributed by atoms with Crippen LogP contribution in [-0.2, 0) is 17.9 Å². The highest BCUT2D eigenvalue weighted by atomic mass is 16.5. The normalized spacial score (nSPS) is 12.5. The Bertz CT molecular complexity index is 347. The molecule has 0 saturated carbocycles. The standard InChI is InChI=1S/C19H33NO/c1-4-7-8-17(6-3)15-21-16-19-11-9-18(10-12-19)14-20-13-5-2/h9-12,17,20H,4-8,13-16H2,1-3H3. The summed E-state index contributed by atoms with van der Waals surface area (Å²) in [7, 11) is 0. The summed E-state index contributed by atoms with van der Waals surface area (Å²) < 4.78 is 5.89. The summed E-state index contributed by atoms with van der Waals surface area (Å²) >= 11 is 0. The highest BCUT2D eigenvalue weighted by Gasteiger charge is 2.06. The molecule has 0 bridgehead atoms. The number of hydrogen-bond donors (Lipinski definition) is 1. The van der Waals surface area contributed by atoms with E-state index in [1.807, 2.05) is 0 Å². The van der Waals surface area contributed by atoms with E-state index >= 15 is 0 Å². The van der Waals surface area contributed by atoms with Crippen molar-refractivity contribution in [1.29, 1.82) is 0 Å². The highest BCUT2D eigenvalue weighted by molar-refractivity contribution is 5.21. The molecule has 1 rings (SSSR count). The van der Waals surface area contributed by atoms with Crippen LogP contribution in [0.1, 0.15) is 64.0 Å². The van der Waals surface area contributed by atoms with Crippen LogP contribution in [0.5, 0.6) is 0 Å². The molecule has 0 fully saturated rings. The quantitative estimate of drug-likeness (QED) is 0.552. The Morgan fingerprint density at radius 1 is 1.00 bits per heavy atom. The molecular formula is C19H33NO. The molecule has 1 unspecified atom stereocenters. The van der Waals surface area contributed by atoms with Gasteiger partial charge in [0.05, 0.1) is 6.61 Å². The molecule has 0 heterocycles. The fourth-order valence-electron chi connectivity index (χ4n) is 2.40. The number of nitrogens with one attached hydrogen (secondary N) is 1. The lowest BCUT2D eigenvalue weighted by Crippen LogP contribution is -2.13. The summed E-state index contributed by atoms with van der Waals surface area (Å²) in [6.07, 6.45) is 6.31. The molecule has 1 aromatic carbocycles. The molecule has 1 N–H and O–H groups in total. The third kappa shape index (κ3) is 8.23. The molecule has 0 aliphatic rings. The summed E-state index contributed by atoms with van der Waals surface area (Å²) in [5.41, 5.74) is 2.63. The van der Waals surface area contributed by atoms with E-state index in [-0.39, 0.29) is 0 Å². The Balaban J connectivity index is 2.25. The molecule has 120 valence electrons. The van der Waals surface area contributed by atoms with Gasteiger partial charge in [0.15, 0.2) is 0 Å². The van der Waals surface area contributed by atoms with Gasteiger partial charge in [0.25, 0.3) is 0 Å². The van der Waals surface area contributed by atoms with E-state index in [0.717, 1.165) is 32.2 Å². The van der Waals surface area contributed by atoms with Gasteiger partial charge in [0.1, 0.15) is 0 Å². The zero-order valence-electron chi connectivity index (χ0n) is 14.2. The van der Waals surface area contributed by atoms with Crippen LogP contribution in [0.4, 0.5) is 0 Å². The molecule has 0 saturated heterocycles. The second-order valence-corrected chi connectivity index (χ2v) is 5.92. The van der Waals surface area contributed by atoms with Crippen LogP contribution in [0.2, 0.25) is 0 Å². The molecule has 0 amide bonds. The van der Waals surface area contributed by atoms with Crippen molar-refractivity contribution in [3.05, 3.63) is 35.4 Å². The van der Waals surface area contributed by atoms with Gasteiger partial charge in [-0.2, -0.15) is 0 Å². The average molecular weight is 291 g/mol. The van der Waals surface area contributed by atoms with Gasteiger partial charge in [-0.25, -0.2) is 0 Å². The van der Waals surface area contributed by atoms with Crippen LogP contribution in [-0.4, -0.2) is 13.2 Å². The van der Waals surface area contributed by atoms with Crippen molar-refractivity contribution >= 4 is 0 Å². The van der Waals surface area contributed by atoms with Crippen molar-refractivity contribution < 1.29 is 4.74 Å². The van der Waals surface area contributed by atoms with Crippen molar-refractivity contribution in [1.82, 2.24) is 5.32 Å². The first kappa shape index (κ1) is 18.2. The van der Waals surface area contributed by atoms with Crippen LogP contribution < -0.4 is 5.32 Å². The van der Waals surface area contributed by atoms with Crippen molar-refractivity contribution in [3.63, 3.8) is 0 Å². The maximum Gasteiger partial charge on any atom is 0.0717 e. The maximum absolute atomic E-state index is 5.89. The van der Waals surface area contributed by atoms with Gasteiger partial charge >= 0.3 is 0 Å². The lowest BCUT2D eigenvalue weighted by Gasteiger charge is -2.14. The summed E-state index contributed by atoms with van der Waals surface area (Å²) in [5, 5.41) is 3.42. The van der Waals surface area contributed by atoms with Gasteiger partial charge in [-0.1, -0.05) is 64.3 Å². The minimum absolute atomic E-state index is 0.725. The third-order valence-corrected chi connectivity index (χ3v) is 3.94. The van der Waals surface area contributed by atoms with E-state index in [4.69, 9.17) is 4.74 Å². The molecule has 0 aliphatic carbocycles. The number of hydrogen-bond acceptors (Lipinski definition) is 2. The smallest absolute Gasteiger partial charge is 0.0717 e. The predicted octanol–water partition coefficient (Wildman–Crippen LogP) is 4.92. The summed E-state index contributed by atoms with van der Waals surface area (Å²) in [6.45, 7) is 10.4. The van der Waals surface area contributed by atoms with E-state index in [1.54, 1.807) is 0 Å². The van der Waals surface area contributed by atoms with Gasteiger partial charge in [-0.15, -0.1) is 0 Å². The first-order chi connectivity index (χ1) is 10.3. The average Bonchev–Trinajstić information content (AvgIpc) is 2.52. The Morgan fingerprint density at radius 3 is 2.33 bits per heavy atom. The first-order valence-corrected chi connectivity index (χ1v) is 8.66. The Kier molecular flexibility index (Phi) is 10.2. The SMILES string of the molecule is CCCCC(CC)COCc1ccc(CNCCC)cc1. The predicted molar refractivity (Wildman–Crippen MR) is 91.4 cm³/mol. The molecule has 0 spiro atoms. The highest BCUT2D eigenvalue weighted by Crippen LogP contribution is 2.14. The van der Waals surface area contributed by atoms with E-state index < -0.39 is 0 Å². The van der Waals surface area contributed by atoms with Gasteiger partial charge in [-0.05, 0) is 36.4 Å². The topological polar surface area (TPSA) is 21.3 Å². The van der Waals surface area contributed by atoms with Crippen LogP contribution in [0.25, 0.3) is 0 Å². The molecule has 2 heteroatoms. The molecule has 0 aliphatic heterocycles. The van der Waals surface area contributed by atoms with Gasteiger partial charge < -0.3 is 10.1 Å². The fourth-order valence-corrected chi connectivity index (χ4v) is 2.40. The Hall–Kier alpha value is -0.860. The second-order valence-electron chi connectivity index (χ2n) is 5.92. The van der Waals surface area contributed by atoms with E-state index in [2.05, 4.69) is 50.4 Å². The van der Waals surface area contributed by atoms with Gasteiger partial charge in [0, 0.05) is 13.2 Å². The fraction of sp³-hybridized carbons (Fsp3) is 0.684. The van der Waals surface area contributed by atoms with Crippen LogP contribution in [0.3, 0.4) is 0 Å². The van der Waals surface area contributed by atoms with Crippen molar-refractivity contribution in [3.8, 4) is 0 Å². The molecule has 21 heavy (non-hydrogen) atoms. The van der Waals surface area contributed by atoms with Crippen LogP contribution in [0.15, 0.2) is 24.3 Å². The molecule has 0 aromatic heterocycles. The van der Waals surface area contributed by atoms with E-state index in [1.165, 1.54) is 43.2 Å². The van der Waals surface area contributed by atoms with E-state index in [0.29, 0.717) is 0 Å². The number of benzene rings is 1. The number of ether oxygens (including phenoxy) is 1. The summed E-state index contributed by atoms with van der Waals surface area (Å²) in [4.78, 5) is 0. The van der Waals surface area contributed by atoms with Crippen LogP contribution in [0, 0.1) is 5.92 Å². The lowest BCUT2D eigenvalue weighted by molar-refractivity contribution is 0.0820. The molecule has 1 aromatic rings. The van der Waals surface area contributed by atoms with Crippen molar-refractivity contribution in [2.24, 2.45) is 5.92 Å². The van der Waals surface area contributed by atoms with Crippen molar-refractivity contribution in [2.45, 2.75) is 66.0 Å². The Labute approximate surface area is 131 Å². The van der Waals surface area contributed by atoms with Gasteiger partial charge in [0.2, 0.25) is 0 Å². The molecule has 1 atom stereocenters. The lowest BCUT2D eigenvalue weighted by atomic mass is 10.0. The third-order valence-electron chi connectivity index (χ3n) is 3.94. The summed E-state index contributed by atoms with van der Waals surface area (Å²) in [5.74, 6) is 0.725. The zero-order chi connectivity index (χ0) is 15.3. The molecule has 2 nitrogen and oxygen atoms in total. The number of rotatable bonds is 12. The Morgan fingerprint density at radius 2 is 1.71 bits per heavy atom. The van der Waals surface area contributed by atoms with Crippen LogP contribution >= 0.6 is 0 Å². The maximum atomic E-state index is 5.89. The monoisotopic (exact) mass is 291 g/mol. The molecule has 0 radical (unpaired) electrons.